The lowest BCUT2D eigenvalue weighted by Crippen LogP contribution is -2.25. The highest BCUT2D eigenvalue weighted by atomic mass is 16.5. The highest BCUT2D eigenvalue weighted by Crippen LogP contribution is 2.31. The van der Waals surface area contributed by atoms with Gasteiger partial charge in [0.2, 0.25) is 5.91 Å². The molecule has 0 aliphatic carbocycles. The summed E-state index contributed by atoms with van der Waals surface area (Å²) in [6.07, 6.45) is 0.328. The van der Waals surface area contributed by atoms with E-state index in [1.165, 1.54) is 10.5 Å². The molecule has 0 spiro atoms. The van der Waals surface area contributed by atoms with Crippen LogP contribution in [-0.4, -0.2) is 25.5 Å². The van der Waals surface area contributed by atoms with Crippen molar-refractivity contribution in [2.45, 2.75) is 26.2 Å². The SMILES string of the molecule is CC(C)c1ccc(NC(=O)c2ccc3c(c2)N(C)C(=O)CCO3)cc1. The molecule has 1 aliphatic rings. The van der Waals surface area contributed by atoms with E-state index in [0.29, 0.717) is 35.9 Å². The van der Waals surface area contributed by atoms with Crippen LogP contribution < -0.4 is 15.0 Å². The molecule has 25 heavy (non-hydrogen) atoms. The number of hydrogen-bond acceptors (Lipinski definition) is 3. The van der Waals surface area contributed by atoms with E-state index >= 15 is 0 Å². The lowest BCUT2D eigenvalue weighted by molar-refractivity contribution is -0.118. The van der Waals surface area contributed by atoms with Crippen molar-refractivity contribution in [1.82, 2.24) is 0 Å². The first-order chi connectivity index (χ1) is 12.0. The molecule has 0 bridgehead atoms. The Hall–Kier alpha value is -2.82. The van der Waals surface area contributed by atoms with Gasteiger partial charge in [0, 0.05) is 18.3 Å². The van der Waals surface area contributed by atoms with Gasteiger partial charge >= 0.3 is 0 Å². The van der Waals surface area contributed by atoms with Crippen LogP contribution >= 0.6 is 0 Å². The van der Waals surface area contributed by atoms with Gasteiger partial charge in [-0.25, -0.2) is 0 Å². The third kappa shape index (κ3) is 3.65. The third-order valence-electron chi connectivity index (χ3n) is 4.37. The third-order valence-corrected chi connectivity index (χ3v) is 4.37. The minimum Gasteiger partial charge on any atom is -0.491 e. The summed E-state index contributed by atoms with van der Waals surface area (Å²) in [7, 11) is 1.70. The topological polar surface area (TPSA) is 58.6 Å². The molecule has 1 aliphatic heterocycles. The van der Waals surface area contributed by atoms with E-state index in [0.717, 1.165) is 5.69 Å². The fraction of sp³-hybridized carbons (Fsp3) is 0.300. The Morgan fingerprint density at radius 1 is 1.16 bits per heavy atom. The fourth-order valence-electron chi connectivity index (χ4n) is 2.75. The van der Waals surface area contributed by atoms with Gasteiger partial charge in [-0.15, -0.1) is 0 Å². The molecule has 5 nitrogen and oxygen atoms in total. The van der Waals surface area contributed by atoms with Gasteiger partial charge in [-0.2, -0.15) is 0 Å². The summed E-state index contributed by atoms with van der Waals surface area (Å²) in [6.45, 7) is 4.61. The number of carbonyl (C=O) groups is 2. The van der Waals surface area contributed by atoms with E-state index in [1.54, 1.807) is 25.2 Å². The molecular weight excluding hydrogens is 316 g/mol. The van der Waals surface area contributed by atoms with Crippen LogP contribution in [0.15, 0.2) is 42.5 Å². The summed E-state index contributed by atoms with van der Waals surface area (Å²) < 4.78 is 5.58. The van der Waals surface area contributed by atoms with Crippen LogP contribution in [0.1, 0.15) is 42.1 Å². The summed E-state index contributed by atoms with van der Waals surface area (Å²) in [6, 6.07) is 13.0. The van der Waals surface area contributed by atoms with Crippen molar-refractivity contribution < 1.29 is 14.3 Å². The van der Waals surface area contributed by atoms with Crippen LogP contribution in [0.3, 0.4) is 0 Å². The predicted molar refractivity (Wildman–Crippen MR) is 98.4 cm³/mol. The molecule has 0 radical (unpaired) electrons. The second-order valence-corrected chi connectivity index (χ2v) is 6.46. The quantitative estimate of drug-likeness (QED) is 0.926. The second-order valence-electron chi connectivity index (χ2n) is 6.46. The van der Waals surface area contributed by atoms with Crippen molar-refractivity contribution in [3.8, 4) is 5.75 Å². The van der Waals surface area contributed by atoms with E-state index in [2.05, 4.69) is 19.2 Å². The normalized spacial score (nSPS) is 13.9. The number of carbonyl (C=O) groups excluding carboxylic acids is 2. The molecule has 0 saturated carbocycles. The number of amides is 2. The summed E-state index contributed by atoms with van der Waals surface area (Å²) in [5, 5.41) is 2.89. The van der Waals surface area contributed by atoms with Crippen LogP contribution in [0.2, 0.25) is 0 Å². The summed E-state index contributed by atoms with van der Waals surface area (Å²) in [4.78, 5) is 26.1. The van der Waals surface area contributed by atoms with Gasteiger partial charge in [0.25, 0.3) is 5.91 Å². The van der Waals surface area contributed by atoms with E-state index in [-0.39, 0.29) is 11.8 Å². The minimum absolute atomic E-state index is 0.0272. The van der Waals surface area contributed by atoms with Gasteiger partial charge < -0.3 is 15.0 Å². The smallest absolute Gasteiger partial charge is 0.255 e. The Morgan fingerprint density at radius 2 is 1.88 bits per heavy atom. The molecule has 0 aromatic heterocycles. The fourth-order valence-corrected chi connectivity index (χ4v) is 2.75. The molecule has 0 unspecified atom stereocenters. The maximum absolute atomic E-state index is 12.5. The van der Waals surface area contributed by atoms with E-state index < -0.39 is 0 Å². The molecule has 1 N–H and O–H groups in total. The molecule has 2 aromatic rings. The van der Waals surface area contributed by atoms with Gasteiger partial charge in [-0.05, 0) is 41.8 Å². The van der Waals surface area contributed by atoms with Crippen LogP contribution in [-0.2, 0) is 4.79 Å². The largest absolute Gasteiger partial charge is 0.491 e. The maximum Gasteiger partial charge on any atom is 0.255 e. The standard InChI is InChI=1S/C20H22N2O3/c1-13(2)14-4-7-16(8-5-14)21-20(24)15-6-9-18-17(12-15)22(3)19(23)10-11-25-18/h4-9,12-13H,10-11H2,1-3H3,(H,21,24). The first kappa shape index (κ1) is 17.0. The molecule has 0 fully saturated rings. The van der Waals surface area contributed by atoms with Crippen LogP contribution in [0.5, 0.6) is 5.75 Å². The number of nitrogens with one attached hydrogen (secondary N) is 1. The van der Waals surface area contributed by atoms with Crippen LogP contribution in [0.4, 0.5) is 11.4 Å². The summed E-state index contributed by atoms with van der Waals surface area (Å²) >= 11 is 0. The lowest BCUT2D eigenvalue weighted by Gasteiger charge is -2.17. The number of nitrogens with zero attached hydrogens (tertiary/aromatic N) is 1. The van der Waals surface area contributed by atoms with Crippen molar-refractivity contribution in [2.75, 3.05) is 23.9 Å². The number of fused-ring (bicyclic) bond motifs is 1. The van der Waals surface area contributed by atoms with Gasteiger partial charge in [0.15, 0.2) is 0 Å². The highest BCUT2D eigenvalue weighted by Gasteiger charge is 2.21. The first-order valence-corrected chi connectivity index (χ1v) is 8.40. The first-order valence-electron chi connectivity index (χ1n) is 8.40. The number of benzene rings is 2. The Bertz CT molecular complexity index is 797. The summed E-state index contributed by atoms with van der Waals surface area (Å²) in [5.41, 5.74) is 3.06. The van der Waals surface area contributed by atoms with Crippen molar-refractivity contribution >= 4 is 23.2 Å². The van der Waals surface area contributed by atoms with Crippen LogP contribution in [0, 0.1) is 0 Å². The highest BCUT2D eigenvalue weighted by molar-refractivity contribution is 6.06. The van der Waals surface area contributed by atoms with Crippen LogP contribution in [0.25, 0.3) is 0 Å². The van der Waals surface area contributed by atoms with Gasteiger partial charge in [0.05, 0.1) is 18.7 Å². The van der Waals surface area contributed by atoms with E-state index in [9.17, 15) is 9.59 Å². The molecule has 0 atom stereocenters. The molecule has 0 saturated heterocycles. The predicted octanol–water partition coefficient (Wildman–Crippen LogP) is 3.81. The zero-order valence-electron chi connectivity index (χ0n) is 14.7. The van der Waals surface area contributed by atoms with Gasteiger partial charge in [-0.3, -0.25) is 9.59 Å². The number of anilines is 2. The molecule has 130 valence electrons. The number of hydrogen-bond donors (Lipinski definition) is 1. The Labute approximate surface area is 147 Å². The van der Waals surface area contributed by atoms with E-state index in [4.69, 9.17) is 4.74 Å². The average molecular weight is 338 g/mol. The average Bonchev–Trinajstić information content (AvgIpc) is 2.74. The van der Waals surface area contributed by atoms with Crippen molar-refractivity contribution in [3.05, 3.63) is 53.6 Å². The van der Waals surface area contributed by atoms with Gasteiger partial charge in [-0.1, -0.05) is 26.0 Å². The van der Waals surface area contributed by atoms with E-state index in [1.807, 2.05) is 24.3 Å². The Morgan fingerprint density at radius 3 is 2.56 bits per heavy atom. The molecular formula is C20H22N2O3. The van der Waals surface area contributed by atoms with Crippen molar-refractivity contribution in [3.63, 3.8) is 0 Å². The zero-order chi connectivity index (χ0) is 18.0. The molecule has 2 amide bonds. The van der Waals surface area contributed by atoms with Crippen molar-refractivity contribution in [1.29, 1.82) is 0 Å². The summed E-state index contributed by atoms with van der Waals surface area (Å²) in [5.74, 6) is 0.819. The molecule has 1 heterocycles. The van der Waals surface area contributed by atoms with Gasteiger partial charge in [0.1, 0.15) is 5.75 Å². The monoisotopic (exact) mass is 338 g/mol. The lowest BCUT2D eigenvalue weighted by atomic mass is 10.0. The van der Waals surface area contributed by atoms with Crippen molar-refractivity contribution in [2.24, 2.45) is 0 Å². The number of rotatable bonds is 3. The number of ether oxygens (including phenoxy) is 1. The molecule has 2 aromatic carbocycles. The minimum atomic E-state index is -0.217. The molecule has 3 rings (SSSR count). The Kier molecular flexibility index (Phi) is 4.74. The molecule has 5 heteroatoms. The maximum atomic E-state index is 12.5. The zero-order valence-corrected chi connectivity index (χ0v) is 14.7. The second kappa shape index (κ2) is 6.97. The Balaban J connectivity index is 1.81.